The van der Waals surface area contributed by atoms with Crippen LogP contribution >= 0.6 is 45.3 Å². The van der Waals surface area contributed by atoms with Crippen molar-refractivity contribution in [2.75, 3.05) is 13.1 Å². The van der Waals surface area contributed by atoms with Crippen LogP contribution in [0.3, 0.4) is 0 Å². The van der Waals surface area contributed by atoms with Gasteiger partial charge in [0.25, 0.3) is 0 Å². The Morgan fingerprint density at radius 1 is 0.508 bits per heavy atom. The zero-order chi connectivity index (χ0) is 88.2. The Hall–Kier alpha value is -8.46. The SMILES string of the molecule is C[C@@H]1CC/C=C\[C@@H]2C[C@@]2(C(=O)NS(=O)(=O)C2(C)CC2)CC(=O)[C@@H]2C[C@@H](Oc3cc(-c4nccs4)nc(-c4nccs4)c3)CN2C(=O)[C@@H](CC(=O)OC(C)(C)C(F)(F)F)[C@H](C)C1.C[C@H]1CC/C=C\[C@@H]2C[C@@]2(C(=O)NS(=O)(=O)C2(C)CC2)CC(=O)[C@@H]2C[C@@H](Oc3cc(-c4nccs4)nc(-c4nccs4)c3)CN2C(=O)[C@@H](CC(=O)OC(C)(C)C(F)(F)F)[C@H](C)C1. The van der Waals surface area contributed by atoms with Gasteiger partial charge in [0.15, 0.2) is 11.6 Å². The van der Waals surface area contributed by atoms with E-state index in [9.17, 15) is 81.5 Å². The zero-order valence-corrected chi connectivity index (χ0v) is 74.0. The number of rotatable bonds is 20. The van der Waals surface area contributed by atoms with Crippen LogP contribution in [0.2, 0.25) is 0 Å². The second-order valence-corrected chi connectivity index (χ2v) is 43.7. The number of amides is 4. The number of thiazole rings is 4. The van der Waals surface area contributed by atoms with E-state index in [1.54, 1.807) is 98.3 Å². The predicted octanol–water partition coefficient (Wildman–Crippen LogP) is 15.1. The molecule has 0 bridgehead atoms. The maximum atomic E-state index is 14.9. The summed E-state index contributed by atoms with van der Waals surface area (Å²) < 4.78 is 161. The first-order valence-electron chi connectivity index (χ1n) is 40.9. The van der Waals surface area contributed by atoms with Crippen molar-refractivity contribution in [3.8, 4) is 54.3 Å². The summed E-state index contributed by atoms with van der Waals surface area (Å²) in [5.41, 5.74) is -6.37. The molecule has 14 atom stereocenters. The van der Waals surface area contributed by atoms with Gasteiger partial charge in [-0.1, -0.05) is 52.0 Å². The van der Waals surface area contributed by atoms with Gasteiger partial charge in [-0.3, -0.25) is 47.8 Å². The van der Waals surface area contributed by atoms with Crippen LogP contribution in [0, 0.1) is 58.2 Å². The molecule has 660 valence electrons. The lowest BCUT2D eigenvalue weighted by Crippen LogP contribution is -2.48. The van der Waals surface area contributed by atoms with Crippen molar-refractivity contribution < 1.29 is 100 Å². The third-order valence-electron chi connectivity index (χ3n) is 25.3. The number of nitrogens with one attached hydrogen (secondary N) is 2. The van der Waals surface area contributed by atoms with Crippen molar-refractivity contribution in [1.29, 1.82) is 0 Å². The number of allylic oxidation sites excluding steroid dienone is 4. The molecule has 4 aliphatic carbocycles. The molecule has 122 heavy (non-hydrogen) atoms. The Labute approximate surface area is 720 Å². The number of hydrogen-bond acceptors (Lipinski definition) is 26. The minimum absolute atomic E-state index is 0.0113. The van der Waals surface area contributed by atoms with Gasteiger partial charge < -0.3 is 28.7 Å². The number of sulfonamides is 2. The lowest BCUT2D eigenvalue weighted by Gasteiger charge is -2.33. The fourth-order valence-corrected chi connectivity index (χ4v) is 21.7. The van der Waals surface area contributed by atoms with Crippen molar-refractivity contribution in [1.82, 2.24) is 49.1 Å². The molecule has 4 saturated carbocycles. The minimum atomic E-state index is -4.87. The molecule has 0 radical (unpaired) electrons. The smallest absolute Gasteiger partial charge is 0.427 e. The Morgan fingerprint density at radius 3 is 1.11 bits per heavy atom. The molecular formula is C84H100F6N10O16S6. The molecule has 0 spiro atoms. The summed E-state index contributed by atoms with van der Waals surface area (Å²) in [5.74, 6) is -9.72. The Morgan fingerprint density at radius 2 is 0.828 bits per heavy atom. The van der Waals surface area contributed by atoms with E-state index in [2.05, 4.69) is 29.4 Å². The first kappa shape index (κ1) is 91.2. The van der Waals surface area contributed by atoms with E-state index in [0.717, 1.165) is 27.7 Å². The van der Waals surface area contributed by atoms with Crippen LogP contribution in [-0.2, 0) is 67.9 Å². The molecule has 0 unspecified atom stereocenters. The fourth-order valence-electron chi connectivity index (χ4n) is 16.7. The lowest BCUT2D eigenvalue weighted by atomic mass is 9.82. The van der Waals surface area contributed by atoms with Gasteiger partial charge in [0, 0.05) is 96.3 Å². The van der Waals surface area contributed by atoms with Crippen molar-refractivity contribution in [2.24, 2.45) is 58.2 Å². The third-order valence-corrected chi connectivity index (χ3v) is 32.8. The number of Topliss-reactive ketones (excluding diaryl/α,β-unsaturated/α-hetero) is 2. The molecule has 6 aromatic rings. The van der Waals surface area contributed by atoms with Gasteiger partial charge in [0.05, 0.1) is 70.2 Å². The number of hydrogen-bond donors (Lipinski definition) is 2. The highest BCUT2D eigenvalue weighted by molar-refractivity contribution is 7.92. The number of carbonyl (C=O) groups excluding carboxylic acids is 8. The number of pyridine rings is 2. The first-order valence-corrected chi connectivity index (χ1v) is 47.4. The molecule has 26 nitrogen and oxygen atoms in total. The van der Waals surface area contributed by atoms with Gasteiger partial charge >= 0.3 is 24.3 Å². The average Bonchev–Trinajstić information content (AvgIpc) is 1.57. The highest BCUT2D eigenvalue weighted by Gasteiger charge is 2.65. The van der Waals surface area contributed by atoms with Crippen LogP contribution in [-0.4, -0.2) is 174 Å². The first-order chi connectivity index (χ1) is 57.2. The number of halogens is 6. The number of nitrogens with zero attached hydrogens (tertiary/aromatic N) is 8. The summed E-state index contributed by atoms with van der Waals surface area (Å²) in [4.78, 5) is 144. The van der Waals surface area contributed by atoms with Crippen LogP contribution in [0.25, 0.3) is 42.8 Å². The Balaban J connectivity index is 0.000000210. The molecule has 4 amide bonds. The summed E-state index contributed by atoms with van der Waals surface area (Å²) in [6.07, 6.45) is 6.08. The van der Waals surface area contributed by atoms with Crippen LogP contribution in [0.5, 0.6) is 11.5 Å². The number of ketones is 2. The van der Waals surface area contributed by atoms with Gasteiger partial charge in [0.2, 0.25) is 54.9 Å². The number of esters is 2. The van der Waals surface area contributed by atoms with Crippen LogP contribution < -0.4 is 18.9 Å². The molecule has 4 aliphatic heterocycles. The average molecular weight is 1810 g/mol. The number of fused-ring (bicyclic) bond motifs is 4. The van der Waals surface area contributed by atoms with Crippen LogP contribution in [0.4, 0.5) is 26.3 Å². The molecular weight excluding hydrogens is 1710 g/mol. The molecule has 2 saturated heterocycles. The number of ether oxygens (including phenoxy) is 4. The summed E-state index contributed by atoms with van der Waals surface area (Å²) in [6, 6.07) is 4.43. The molecule has 6 fully saturated rings. The van der Waals surface area contributed by atoms with Gasteiger partial charge in [-0.2, -0.15) is 26.3 Å². The number of aromatic nitrogens is 6. The van der Waals surface area contributed by atoms with E-state index in [0.29, 0.717) is 119 Å². The summed E-state index contributed by atoms with van der Waals surface area (Å²) >= 11 is 5.49. The molecule has 38 heteroatoms. The molecule has 6 aromatic heterocycles. The zero-order valence-electron chi connectivity index (χ0n) is 69.1. The number of carbonyl (C=O) groups is 8. The molecule has 10 heterocycles. The van der Waals surface area contributed by atoms with E-state index in [-0.39, 0.29) is 63.5 Å². The lowest BCUT2D eigenvalue weighted by molar-refractivity contribution is -0.257. The van der Waals surface area contributed by atoms with Crippen LogP contribution in [0.15, 0.2) is 94.9 Å². The summed E-state index contributed by atoms with van der Waals surface area (Å²) in [7, 11) is -8.08. The van der Waals surface area contributed by atoms with Gasteiger partial charge in [-0.25, -0.2) is 46.7 Å². The van der Waals surface area contributed by atoms with E-state index in [4.69, 9.17) is 28.9 Å². The third kappa shape index (κ3) is 20.2. The maximum absolute atomic E-state index is 14.9. The highest BCUT2D eigenvalue weighted by Crippen LogP contribution is 2.60. The largest absolute Gasteiger partial charge is 0.488 e. The second-order valence-electron chi connectivity index (χ2n) is 35.7. The number of alkyl halides is 6. The summed E-state index contributed by atoms with van der Waals surface area (Å²) in [6.45, 7) is 13.3. The van der Waals surface area contributed by atoms with E-state index < -0.39 is 184 Å². The normalized spacial score (nSPS) is 28.8. The van der Waals surface area contributed by atoms with E-state index >= 15 is 0 Å². The Kier molecular flexibility index (Phi) is 26.3. The molecule has 2 N–H and O–H groups in total. The van der Waals surface area contributed by atoms with E-state index in [1.807, 2.05) is 38.2 Å². The van der Waals surface area contributed by atoms with Gasteiger partial charge in [-0.05, 0) is 154 Å². The van der Waals surface area contributed by atoms with Crippen molar-refractivity contribution in [3.05, 3.63) is 94.9 Å². The van der Waals surface area contributed by atoms with Crippen molar-refractivity contribution >= 4 is 113 Å². The van der Waals surface area contributed by atoms with Crippen molar-refractivity contribution in [3.63, 3.8) is 0 Å². The van der Waals surface area contributed by atoms with E-state index in [1.165, 1.54) is 55.1 Å². The molecule has 0 aromatic carbocycles. The monoisotopic (exact) mass is 1810 g/mol. The van der Waals surface area contributed by atoms with Crippen molar-refractivity contribution in [2.45, 2.75) is 242 Å². The molecule has 14 rings (SSSR count). The van der Waals surface area contributed by atoms with Crippen LogP contribution in [0.1, 0.15) is 185 Å². The predicted molar refractivity (Wildman–Crippen MR) is 443 cm³/mol. The summed E-state index contributed by atoms with van der Waals surface area (Å²) in [5, 5.41) is 9.70. The fraction of sp³-hybridized carbons (Fsp3) is 0.595. The minimum Gasteiger partial charge on any atom is -0.488 e. The molecule has 8 aliphatic rings. The topological polar surface area (TPSA) is 350 Å². The van der Waals surface area contributed by atoms with Gasteiger partial charge in [-0.15, -0.1) is 45.3 Å². The standard InChI is InChI=1S/2C42H50F3N5O8S3/c2*1-24-8-6-7-9-26-21-41(26,38(54)49-61(55,56)40(5)10-11-40)22-33(51)32-19-28(57-27-17-30(35-46-12-14-59-35)48-31(18-27)36-47-13-15-60-36)23-50(32)37(53)29(25(2)16-24)20-34(52)58-39(3,4)42(43,44)45/h2*7,9,12-15,17-18,24-26,28-29,32H,6,8,10-11,16,19-23H2,1-5H3,(H,49,54)/b2*9-7-/t24-,25+,26+,28+,29-,32-,41+;24-,25-,26-,28-,29+,32+,41-/m01/s1. The quantitative estimate of drug-likeness (QED) is 0.0407. The van der Waals surface area contributed by atoms with Gasteiger partial charge in [0.1, 0.15) is 66.5 Å². The Bertz CT molecular complexity index is 4770. The second kappa shape index (κ2) is 35.2. The highest BCUT2D eigenvalue weighted by atomic mass is 32.2. The maximum Gasteiger partial charge on any atom is 0.427 e.